The number of rotatable bonds is 4. The molecule has 3 aromatic rings. The Bertz CT molecular complexity index is 989. The number of aryl methyl sites for hydroxylation is 1. The first-order chi connectivity index (χ1) is 14.3. The number of hydrogen-bond donors (Lipinski definition) is 1. The normalized spacial score (nSPS) is 15.4. The van der Waals surface area contributed by atoms with E-state index in [0.717, 1.165) is 54.9 Å². The number of nitrogens with zero attached hydrogens (tertiary/aromatic N) is 3. The van der Waals surface area contributed by atoms with Crippen LogP contribution in [0.3, 0.4) is 0 Å². The second-order valence-corrected chi connectivity index (χ2v) is 7.72. The van der Waals surface area contributed by atoms with Crippen LogP contribution in [0.2, 0.25) is 0 Å². The summed E-state index contributed by atoms with van der Waals surface area (Å²) in [6.07, 6.45) is 6.09. The van der Waals surface area contributed by atoms with Crippen molar-refractivity contribution in [2.45, 2.75) is 25.7 Å². The molecule has 5 rings (SSSR count). The molecule has 0 aromatic heterocycles. The van der Waals surface area contributed by atoms with Crippen molar-refractivity contribution >= 4 is 23.3 Å². The average molecular weight is 383 g/mol. The standard InChI is InChI=1S/C25H25N3O/c29-25-20(17-19-9-7-15-27-16-8-14-23(25)24(19)27)18-26-28(21-10-3-1-4-11-21)22-12-5-2-6-13-22/h1-6,10-13,17-18,29H,7-9,14-16H2/b26-18+. The van der Waals surface area contributed by atoms with E-state index in [1.54, 1.807) is 6.21 Å². The molecule has 0 saturated heterocycles. The van der Waals surface area contributed by atoms with E-state index in [4.69, 9.17) is 5.10 Å². The molecule has 0 spiro atoms. The van der Waals surface area contributed by atoms with Crippen LogP contribution in [-0.2, 0) is 12.8 Å². The number of phenols is 1. The third-order valence-corrected chi connectivity index (χ3v) is 5.84. The lowest BCUT2D eigenvalue weighted by Crippen LogP contribution is -2.34. The molecule has 2 aliphatic rings. The van der Waals surface area contributed by atoms with Gasteiger partial charge in [0.15, 0.2) is 0 Å². The lowest BCUT2D eigenvalue weighted by Gasteiger charge is -2.37. The van der Waals surface area contributed by atoms with Crippen LogP contribution in [0.25, 0.3) is 0 Å². The fourth-order valence-electron chi connectivity index (χ4n) is 4.51. The van der Waals surface area contributed by atoms with Crippen LogP contribution in [0.15, 0.2) is 71.8 Å². The zero-order chi connectivity index (χ0) is 19.6. The molecule has 2 aliphatic heterocycles. The van der Waals surface area contributed by atoms with Gasteiger partial charge in [0.25, 0.3) is 0 Å². The molecule has 0 atom stereocenters. The van der Waals surface area contributed by atoms with E-state index >= 15 is 0 Å². The Morgan fingerprint density at radius 2 is 1.48 bits per heavy atom. The summed E-state index contributed by atoms with van der Waals surface area (Å²) < 4.78 is 0. The zero-order valence-electron chi connectivity index (χ0n) is 16.5. The van der Waals surface area contributed by atoms with Gasteiger partial charge in [0, 0.05) is 29.9 Å². The fourth-order valence-corrected chi connectivity index (χ4v) is 4.51. The molecule has 4 nitrogen and oxygen atoms in total. The van der Waals surface area contributed by atoms with Crippen molar-refractivity contribution < 1.29 is 5.11 Å². The van der Waals surface area contributed by atoms with Gasteiger partial charge < -0.3 is 10.0 Å². The van der Waals surface area contributed by atoms with Crippen LogP contribution < -0.4 is 9.91 Å². The van der Waals surface area contributed by atoms with E-state index in [0.29, 0.717) is 5.75 Å². The molecule has 2 heterocycles. The molecule has 1 N–H and O–H groups in total. The summed E-state index contributed by atoms with van der Waals surface area (Å²) in [5.41, 5.74) is 6.50. The number of phenolic OH excluding ortho intramolecular Hbond substituents is 1. The van der Waals surface area contributed by atoms with E-state index in [1.807, 2.05) is 65.7 Å². The van der Waals surface area contributed by atoms with Crippen molar-refractivity contribution in [3.8, 4) is 5.75 Å². The van der Waals surface area contributed by atoms with Gasteiger partial charge in [-0.15, -0.1) is 0 Å². The zero-order valence-corrected chi connectivity index (χ0v) is 16.5. The van der Waals surface area contributed by atoms with Gasteiger partial charge in [-0.25, -0.2) is 5.01 Å². The highest BCUT2D eigenvalue weighted by Crippen LogP contribution is 2.41. The van der Waals surface area contributed by atoms with Crippen molar-refractivity contribution in [3.63, 3.8) is 0 Å². The number of aromatic hydroxyl groups is 1. The highest BCUT2D eigenvalue weighted by atomic mass is 16.3. The minimum atomic E-state index is 0.389. The van der Waals surface area contributed by atoms with Crippen LogP contribution in [0.5, 0.6) is 5.75 Å². The fraction of sp³-hybridized carbons (Fsp3) is 0.240. The number of para-hydroxylation sites is 2. The van der Waals surface area contributed by atoms with Gasteiger partial charge in [0.1, 0.15) is 5.75 Å². The lowest BCUT2D eigenvalue weighted by atomic mass is 9.89. The molecule has 0 aliphatic carbocycles. The molecule has 4 heteroatoms. The summed E-state index contributed by atoms with van der Waals surface area (Å²) in [6.45, 7) is 2.20. The summed E-state index contributed by atoms with van der Waals surface area (Å²) in [6, 6.07) is 22.3. The van der Waals surface area contributed by atoms with E-state index < -0.39 is 0 Å². The first-order valence-corrected chi connectivity index (χ1v) is 10.4. The third kappa shape index (κ3) is 3.35. The third-order valence-electron chi connectivity index (χ3n) is 5.84. The Morgan fingerprint density at radius 1 is 0.862 bits per heavy atom. The van der Waals surface area contributed by atoms with E-state index in [-0.39, 0.29) is 0 Å². The van der Waals surface area contributed by atoms with E-state index in [1.165, 1.54) is 17.7 Å². The van der Waals surface area contributed by atoms with Crippen molar-refractivity contribution in [1.29, 1.82) is 0 Å². The largest absolute Gasteiger partial charge is 0.507 e. The Kier molecular flexibility index (Phi) is 4.68. The predicted octanol–water partition coefficient (Wildman–Crippen LogP) is 5.26. The highest BCUT2D eigenvalue weighted by molar-refractivity contribution is 5.89. The maximum atomic E-state index is 11.0. The van der Waals surface area contributed by atoms with Gasteiger partial charge in [0.05, 0.1) is 17.6 Å². The minimum absolute atomic E-state index is 0.389. The molecule has 0 bridgehead atoms. The first kappa shape index (κ1) is 17.8. The Hall–Kier alpha value is -3.27. The second kappa shape index (κ2) is 7.63. The van der Waals surface area contributed by atoms with Gasteiger partial charge >= 0.3 is 0 Å². The monoisotopic (exact) mass is 383 g/mol. The smallest absolute Gasteiger partial charge is 0.129 e. The van der Waals surface area contributed by atoms with Crippen LogP contribution in [0.1, 0.15) is 29.5 Å². The van der Waals surface area contributed by atoms with Crippen molar-refractivity contribution in [2.75, 3.05) is 23.0 Å². The van der Waals surface area contributed by atoms with Gasteiger partial charge in [0.2, 0.25) is 0 Å². The molecular formula is C25H25N3O. The second-order valence-electron chi connectivity index (χ2n) is 7.72. The number of benzene rings is 3. The van der Waals surface area contributed by atoms with E-state index in [9.17, 15) is 5.11 Å². The summed E-state index contributed by atoms with van der Waals surface area (Å²) in [5, 5.41) is 17.7. The highest BCUT2D eigenvalue weighted by Gasteiger charge is 2.27. The summed E-state index contributed by atoms with van der Waals surface area (Å²) in [7, 11) is 0. The maximum Gasteiger partial charge on any atom is 0.129 e. The predicted molar refractivity (Wildman–Crippen MR) is 120 cm³/mol. The summed E-state index contributed by atoms with van der Waals surface area (Å²) >= 11 is 0. The molecule has 0 radical (unpaired) electrons. The first-order valence-electron chi connectivity index (χ1n) is 10.4. The van der Waals surface area contributed by atoms with Gasteiger partial charge in [-0.2, -0.15) is 5.10 Å². The van der Waals surface area contributed by atoms with Crippen molar-refractivity contribution in [2.24, 2.45) is 5.10 Å². The molecule has 29 heavy (non-hydrogen) atoms. The van der Waals surface area contributed by atoms with Gasteiger partial charge in [-0.1, -0.05) is 36.4 Å². The molecule has 146 valence electrons. The minimum Gasteiger partial charge on any atom is -0.507 e. The quantitative estimate of drug-likeness (QED) is 0.493. The molecule has 3 aromatic carbocycles. The molecule has 0 amide bonds. The van der Waals surface area contributed by atoms with Crippen LogP contribution in [0.4, 0.5) is 17.1 Å². The Balaban J connectivity index is 1.56. The van der Waals surface area contributed by atoms with Crippen molar-refractivity contribution in [1.82, 2.24) is 0 Å². The van der Waals surface area contributed by atoms with Crippen molar-refractivity contribution in [3.05, 3.63) is 83.4 Å². The van der Waals surface area contributed by atoms with E-state index in [2.05, 4.69) is 11.0 Å². The molecular weight excluding hydrogens is 358 g/mol. The lowest BCUT2D eigenvalue weighted by molar-refractivity contribution is 0.461. The Morgan fingerprint density at radius 3 is 2.14 bits per heavy atom. The van der Waals surface area contributed by atoms with Crippen LogP contribution in [-0.4, -0.2) is 24.4 Å². The maximum absolute atomic E-state index is 11.0. The molecule has 0 saturated carbocycles. The number of hydrogen-bond acceptors (Lipinski definition) is 4. The summed E-state index contributed by atoms with van der Waals surface area (Å²) in [5.74, 6) is 0.389. The average Bonchev–Trinajstić information content (AvgIpc) is 2.78. The summed E-state index contributed by atoms with van der Waals surface area (Å²) in [4.78, 5) is 2.44. The van der Waals surface area contributed by atoms with Gasteiger partial charge in [-0.05, 0) is 61.6 Å². The number of anilines is 3. The molecule has 0 unspecified atom stereocenters. The Labute approximate surface area is 171 Å². The topological polar surface area (TPSA) is 39.1 Å². The van der Waals surface area contributed by atoms with Crippen LogP contribution >= 0.6 is 0 Å². The van der Waals surface area contributed by atoms with Crippen LogP contribution in [0, 0.1) is 0 Å². The van der Waals surface area contributed by atoms with Gasteiger partial charge in [-0.3, -0.25) is 0 Å². The number of hydrazone groups is 1. The SMILES string of the molecule is Oc1c(/C=N/N(c2ccccc2)c2ccccc2)cc2c3c1CCCN3CCC2. The molecule has 0 fully saturated rings.